The highest BCUT2D eigenvalue weighted by molar-refractivity contribution is 9.10. The first kappa shape index (κ1) is 55.9. The zero-order valence-corrected chi connectivity index (χ0v) is 48.6. The number of aryl methyl sites for hydroxylation is 2. The molecule has 412 valence electrons. The van der Waals surface area contributed by atoms with Gasteiger partial charge in [-0.3, -0.25) is 19.2 Å². The first-order chi connectivity index (χ1) is 36.8. The highest BCUT2D eigenvalue weighted by Crippen LogP contribution is 2.40. The average molecular weight is 1180 g/mol. The van der Waals surface area contributed by atoms with Crippen LogP contribution in [0.1, 0.15) is 115 Å². The number of rotatable bonds is 14. The third-order valence-corrected chi connectivity index (χ3v) is 17.5. The fraction of sp³-hybridized carbons (Fsp3) is 0.508. The van der Waals surface area contributed by atoms with Gasteiger partial charge in [0.1, 0.15) is 17.1 Å². The highest BCUT2D eigenvalue weighted by atomic mass is 79.9. The summed E-state index contributed by atoms with van der Waals surface area (Å²) in [6.45, 7) is 15.8. The Labute approximate surface area is 469 Å². The second-order valence-electron chi connectivity index (χ2n) is 22.7. The van der Waals surface area contributed by atoms with Gasteiger partial charge in [-0.25, -0.2) is 4.79 Å². The van der Waals surface area contributed by atoms with Crippen LogP contribution in [0.5, 0.6) is 11.5 Å². The number of hydrogen-bond acceptors (Lipinski definition) is 11. The number of amides is 5. The standard InChI is InChI=1S/C32H41BrN4O5.C27H33BrN4O3/c1-19-6-9-22(14-28(19)41-5)35-29(38)21-7-10-24(11-8-21)37-18-26-25(30(37)39)12-23(13-27(26)33)34-15-20-16-36(17-20)31(40)42-32(2,3)4;1-16-3-6-19(11-25(16)35-2)31-26(33)18-4-7-21(8-5-18)32-15-23-22(27(32)34)9-20(10-24(23)28)30-14-17-12-29-13-17/h6,9,12-14,20-21,24,34H,7-8,10-11,15-18H2,1-5H3,(H,35,38);3,6,9-11,17-18,21,29-30H,4-5,7-8,12-15H2,1-2H3,(H,31,33). The van der Waals surface area contributed by atoms with Crippen molar-refractivity contribution in [1.82, 2.24) is 20.0 Å². The molecule has 16 nitrogen and oxygen atoms in total. The molecule has 5 N–H and O–H groups in total. The number of carbonyl (C=O) groups excluding carboxylic acids is 5. The van der Waals surface area contributed by atoms with E-state index in [1.807, 2.05) is 99.0 Å². The van der Waals surface area contributed by atoms with Gasteiger partial charge >= 0.3 is 6.09 Å². The molecule has 0 aromatic heterocycles. The fourth-order valence-corrected chi connectivity index (χ4v) is 12.5. The number of nitrogens with zero attached hydrogens (tertiary/aromatic N) is 3. The molecule has 4 fully saturated rings. The van der Waals surface area contributed by atoms with E-state index in [0.29, 0.717) is 44.6 Å². The van der Waals surface area contributed by atoms with E-state index in [-0.39, 0.29) is 53.6 Å². The van der Waals surface area contributed by atoms with Crippen LogP contribution in [-0.2, 0) is 27.4 Å². The molecule has 0 bridgehead atoms. The summed E-state index contributed by atoms with van der Waals surface area (Å²) in [6.07, 6.45) is 6.06. The molecular weight excluding hydrogens is 1110 g/mol. The molecule has 0 unspecified atom stereocenters. The molecule has 0 spiro atoms. The number of fused-ring (bicyclic) bond motifs is 2. The summed E-state index contributed by atoms with van der Waals surface area (Å²) in [6, 6.07) is 19.8. The molecule has 4 heterocycles. The second-order valence-corrected chi connectivity index (χ2v) is 24.4. The first-order valence-electron chi connectivity index (χ1n) is 27.2. The number of ether oxygens (including phenoxy) is 3. The first-order valence-corrected chi connectivity index (χ1v) is 28.8. The molecule has 2 saturated carbocycles. The molecule has 0 atom stereocenters. The minimum absolute atomic E-state index is 0.0227. The van der Waals surface area contributed by atoms with E-state index in [0.717, 1.165) is 148 Å². The molecule has 18 heteroatoms. The summed E-state index contributed by atoms with van der Waals surface area (Å²) in [4.78, 5) is 70.6. The SMILES string of the molecule is COc1cc(NC(=O)C2CCC(N3Cc4c(Br)cc(NCC5CN(C(=O)OC(C)(C)C)C5)cc4C3=O)CC2)ccc1C.COc1cc(NC(=O)C2CCC(N3Cc4c(Br)cc(NCC5CNC5)cc4C3=O)CC2)ccc1C. The number of likely N-dealkylation sites (tertiary alicyclic amines) is 1. The largest absolute Gasteiger partial charge is 0.496 e. The summed E-state index contributed by atoms with van der Waals surface area (Å²) in [5, 5.41) is 16.3. The van der Waals surface area contributed by atoms with E-state index in [1.54, 1.807) is 19.1 Å². The third kappa shape index (κ3) is 13.2. The maximum atomic E-state index is 13.5. The monoisotopic (exact) mass is 1180 g/mol. The Kier molecular flexibility index (Phi) is 17.4. The van der Waals surface area contributed by atoms with E-state index < -0.39 is 5.60 Å². The number of nitrogens with one attached hydrogen (secondary N) is 5. The molecule has 10 rings (SSSR count). The van der Waals surface area contributed by atoms with Crippen LogP contribution in [0.3, 0.4) is 0 Å². The summed E-state index contributed by atoms with van der Waals surface area (Å²) < 4.78 is 18.1. The van der Waals surface area contributed by atoms with Crippen molar-refractivity contribution in [3.8, 4) is 11.5 Å². The fourth-order valence-electron chi connectivity index (χ4n) is 11.3. The van der Waals surface area contributed by atoms with Crippen molar-refractivity contribution in [3.63, 3.8) is 0 Å². The maximum Gasteiger partial charge on any atom is 0.410 e. The van der Waals surface area contributed by atoms with Crippen molar-refractivity contribution in [2.75, 3.05) is 74.8 Å². The van der Waals surface area contributed by atoms with Gasteiger partial charge in [-0.1, -0.05) is 44.0 Å². The highest BCUT2D eigenvalue weighted by Gasteiger charge is 2.40. The quantitative estimate of drug-likeness (QED) is 0.0810. The van der Waals surface area contributed by atoms with Crippen molar-refractivity contribution in [2.45, 2.75) is 117 Å². The molecule has 4 aliphatic heterocycles. The van der Waals surface area contributed by atoms with Gasteiger partial charge in [0, 0.05) is 143 Å². The van der Waals surface area contributed by atoms with Gasteiger partial charge < -0.3 is 55.5 Å². The van der Waals surface area contributed by atoms with Crippen molar-refractivity contribution in [2.24, 2.45) is 23.7 Å². The topological polar surface area (TPSA) is 183 Å². The third-order valence-electron chi connectivity index (χ3n) is 16.1. The molecular formula is C59H74Br2N8O8. The predicted octanol–water partition coefficient (Wildman–Crippen LogP) is 10.7. The number of methoxy groups -OCH3 is 2. The van der Waals surface area contributed by atoms with Crippen LogP contribution in [-0.4, -0.2) is 116 Å². The Morgan fingerprint density at radius 1 is 0.610 bits per heavy atom. The Bertz CT molecular complexity index is 2870. The van der Waals surface area contributed by atoms with Crippen LogP contribution in [0.2, 0.25) is 0 Å². The van der Waals surface area contributed by atoms with Gasteiger partial charge in [0.25, 0.3) is 11.8 Å². The molecule has 2 aliphatic carbocycles. The van der Waals surface area contributed by atoms with Crippen LogP contribution in [0.15, 0.2) is 69.6 Å². The van der Waals surface area contributed by atoms with Gasteiger partial charge in [0.2, 0.25) is 11.8 Å². The Balaban J connectivity index is 0.000000191. The Hall–Kier alpha value is -5.85. The minimum Gasteiger partial charge on any atom is -0.496 e. The number of anilines is 4. The second kappa shape index (κ2) is 24.0. The molecule has 2 saturated heterocycles. The van der Waals surface area contributed by atoms with Crippen molar-refractivity contribution < 1.29 is 38.2 Å². The van der Waals surface area contributed by atoms with E-state index in [2.05, 4.69) is 64.5 Å². The smallest absolute Gasteiger partial charge is 0.410 e. The van der Waals surface area contributed by atoms with Gasteiger partial charge in [0.15, 0.2) is 0 Å². The summed E-state index contributed by atoms with van der Waals surface area (Å²) in [7, 11) is 3.26. The Morgan fingerprint density at radius 3 is 1.43 bits per heavy atom. The lowest BCUT2D eigenvalue weighted by atomic mass is 9.84. The lowest BCUT2D eigenvalue weighted by Crippen LogP contribution is -2.53. The summed E-state index contributed by atoms with van der Waals surface area (Å²) >= 11 is 7.39. The molecule has 5 amide bonds. The number of halogens is 2. The predicted molar refractivity (Wildman–Crippen MR) is 307 cm³/mol. The van der Waals surface area contributed by atoms with Crippen molar-refractivity contribution in [1.29, 1.82) is 0 Å². The number of benzene rings is 4. The van der Waals surface area contributed by atoms with Gasteiger partial charge in [-0.05, 0) is 145 Å². The van der Waals surface area contributed by atoms with E-state index in [1.165, 1.54) is 0 Å². The number of carbonyl (C=O) groups is 5. The maximum absolute atomic E-state index is 13.5. The van der Waals surface area contributed by atoms with Gasteiger partial charge in [0.05, 0.1) is 14.2 Å². The van der Waals surface area contributed by atoms with Crippen LogP contribution in [0, 0.1) is 37.5 Å². The number of hydrogen-bond donors (Lipinski definition) is 5. The van der Waals surface area contributed by atoms with E-state index in [9.17, 15) is 24.0 Å². The minimum atomic E-state index is -0.498. The van der Waals surface area contributed by atoms with Crippen molar-refractivity contribution >= 4 is 84.3 Å². The lowest BCUT2D eigenvalue weighted by Gasteiger charge is -2.40. The van der Waals surface area contributed by atoms with Crippen molar-refractivity contribution in [3.05, 3.63) is 103 Å². The Morgan fingerprint density at radius 2 is 1.04 bits per heavy atom. The molecule has 0 radical (unpaired) electrons. The van der Waals surface area contributed by atoms with Crippen LogP contribution in [0.25, 0.3) is 0 Å². The van der Waals surface area contributed by atoms with E-state index >= 15 is 0 Å². The lowest BCUT2D eigenvalue weighted by molar-refractivity contribution is -0.121. The molecule has 4 aromatic rings. The van der Waals surface area contributed by atoms with E-state index in [4.69, 9.17) is 14.2 Å². The zero-order valence-electron chi connectivity index (χ0n) is 45.4. The van der Waals surface area contributed by atoms with Crippen LogP contribution >= 0.6 is 31.9 Å². The average Bonchev–Trinajstić information content (AvgIpc) is 4.00. The molecule has 6 aliphatic rings. The normalized spacial score (nSPS) is 21.2. The van der Waals surface area contributed by atoms with Crippen LogP contribution in [0.4, 0.5) is 27.5 Å². The summed E-state index contributed by atoms with van der Waals surface area (Å²) in [5.74, 6) is 2.61. The zero-order chi connectivity index (χ0) is 54.7. The summed E-state index contributed by atoms with van der Waals surface area (Å²) in [5.41, 5.74) is 8.53. The van der Waals surface area contributed by atoms with Gasteiger partial charge in [-0.2, -0.15) is 0 Å². The van der Waals surface area contributed by atoms with Crippen LogP contribution < -0.4 is 36.1 Å². The molecule has 4 aromatic carbocycles. The van der Waals surface area contributed by atoms with Gasteiger partial charge in [-0.15, -0.1) is 0 Å². The molecule has 77 heavy (non-hydrogen) atoms.